The second-order valence-electron chi connectivity index (χ2n) is 3.60. The van der Waals surface area contributed by atoms with Gasteiger partial charge in [0.2, 0.25) is 0 Å². The maximum Gasteiger partial charge on any atom is 0.261 e. The van der Waals surface area contributed by atoms with Crippen molar-refractivity contribution in [3.8, 4) is 5.75 Å². The molecule has 0 saturated heterocycles. The highest BCUT2D eigenvalue weighted by Gasteiger charge is 2.09. The molecule has 1 aromatic heterocycles. The van der Waals surface area contributed by atoms with Crippen molar-refractivity contribution in [2.75, 3.05) is 7.05 Å². The lowest BCUT2D eigenvalue weighted by molar-refractivity contribution is 0.479. The standard InChI is InChI=1S/C11H13N3O2/c1-12-6-9-13-10-7(11(16)14(9)2)4-3-5-8(10)15/h3-5,12,15H,6H2,1-2H3. The third-order valence-electron chi connectivity index (χ3n) is 2.51. The SMILES string of the molecule is CNCc1nc2c(O)cccc2c(=O)n1C. The van der Waals surface area contributed by atoms with E-state index in [1.54, 1.807) is 26.2 Å². The molecule has 2 aromatic rings. The van der Waals surface area contributed by atoms with Gasteiger partial charge in [0.05, 0.1) is 11.9 Å². The summed E-state index contributed by atoms with van der Waals surface area (Å²) in [5, 5.41) is 13.0. The summed E-state index contributed by atoms with van der Waals surface area (Å²) in [4.78, 5) is 16.2. The van der Waals surface area contributed by atoms with Crippen molar-refractivity contribution in [2.24, 2.45) is 7.05 Å². The Bertz CT molecular complexity index is 590. The van der Waals surface area contributed by atoms with Crippen LogP contribution >= 0.6 is 0 Å². The number of nitrogens with zero attached hydrogens (tertiary/aromatic N) is 2. The van der Waals surface area contributed by atoms with Crippen LogP contribution in [0.4, 0.5) is 0 Å². The normalized spacial score (nSPS) is 10.9. The summed E-state index contributed by atoms with van der Waals surface area (Å²) < 4.78 is 1.48. The first kappa shape index (κ1) is 10.6. The van der Waals surface area contributed by atoms with Crippen LogP contribution in [0, 0.1) is 0 Å². The van der Waals surface area contributed by atoms with Crippen LogP contribution in [-0.4, -0.2) is 21.7 Å². The van der Waals surface area contributed by atoms with Crippen molar-refractivity contribution < 1.29 is 5.11 Å². The van der Waals surface area contributed by atoms with Crippen molar-refractivity contribution in [3.05, 3.63) is 34.4 Å². The summed E-state index contributed by atoms with van der Waals surface area (Å²) in [7, 11) is 3.45. The number of aromatic nitrogens is 2. The minimum atomic E-state index is -0.147. The predicted octanol–water partition coefficient (Wildman–Crippen LogP) is 0.358. The van der Waals surface area contributed by atoms with Crippen LogP contribution in [0.3, 0.4) is 0 Å². The van der Waals surface area contributed by atoms with Crippen LogP contribution in [0.5, 0.6) is 5.75 Å². The lowest BCUT2D eigenvalue weighted by atomic mass is 10.2. The molecule has 0 aliphatic carbocycles. The van der Waals surface area contributed by atoms with E-state index >= 15 is 0 Å². The lowest BCUT2D eigenvalue weighted by Crippen LogP contribution is -2.25. The van der Waals surface area contributed by atoms with Gasteiger partial charge in [-0.15, -0.1) is 0 Å². The quantitative estimate of drug-likeness (QED) is 0.765. The fourth-order valence-electron chi connectivity index (χ4n) is 1.64. The van der Waals surface area contributed by atoms with Crippen LogP contribution in [0.15, 0.2) is 23.0 Å². The summed E-state index contributed by atoms with van der Waals surface area (Å²) >= 11 is 0. The minimum absolute atomic E-state index is 0.0348. The Morgan fingerprint density at radius 1 is 1.50 bits per heavy atom. The molecule has 0 bridgehead atoms. The Hall–Kier alpha value is -1.88. The first-order chi connectivity index (χ1) is 7.65. The second-order valence-corrected chi connectivity index (χ2v) is 3.60. The highest BCUT2D eigenvalue weighted by atomic mass is 16.3. The lowest BCUT2D eigenvalue weighted by Gasteiger charge is -2.09. The molecule has 0 aliphatic heterocycles. The maximum absolute atomic E-state index is 12.0. The van der Waals surface area contributed by atoms with E-state index in [0.29, 0.717) is 23.3 Å². The van der Waals surface area contributed by atoms with Gasteiger partial charge in [-0.2, -0.15) is 0 Å². The molecule has 0 radical (unpaired) electrons. The monoisotopic (exact) mass is 219 g/mol. The molecule has 84 valence electrons. The molecule has 16 heavy (non-hydrogen) atoms. The number of phenols is 1. The van der Waals surface area contributed by atoms with E-state index in [1.165, 1.54) is 10.6 Å². The zero-order chi connectivity index (χ0) is 11.7. The number of fused-ring (bicyclic) bond motifs is 1. The van der Waals surface area contributed by atoms with Gasteiger partial charge in [0, 0.05) is 7.05 Å². The number of para-hydroxylation sites is 1. The number of aromatic hydroxyl groups is 1. The van der Waals surface area contributed by atoms with Gasteiger partial charge < -0.3 is 10.4 Å². The zero-order valence-electron chi connectivity index (χ0n) is 9.19. The number of nitrogens with one attached hydrogen (secondary N) is 1. The van der Waals surface area contributed by atoms with Crippen molar-refractivity contribution in [2.45, 2.75) is 6.54 Å². The van der Waals surface area contributed by atoms with Gasteiger partial charge in [0.1, 0.15) is 17.1 Å². The molecule has 5 nitrogen and oxygen atoms in total. The molecule has 0 fully saturated rings. The van der Waals surface area contributed by atoms with Crippen LogP contribution in [-0.2, 0) is 13.6 Å². The topological polar surface area (TPSA) is 67.2 Å². The Kier molecular flexibility index (Phi) is 2.62. The van der Waals surface area contributed by atoms with Gasteiger partial charge in [-0.25, -0.2) is 4.98 Å². The molecule has 2 rings (SSSR count). The van der Waals surface area contributed by atoms with Crippen LogP contribution < -0.4 is 10.9 Å². The highest BCUT2D eigenvalue weighted by Crippen LogP contribution is 2.19. The average molecular weight is 219 g/mol. The van der Waals surface area contributed by atoms with Gasteiger partial charge in [0.15, 0.2) is 0 Å². The summed E-state index contributed by atoms with van der Waals surface area (Å²) in [6.45, 7) is 0.482. The van der Waals surface area contributed by atoms with Crippen molar-refractivity contribution in [3.63, 3.8) is 0 Å². The summed E-state index contributed by atoms with van der Waals surface area (Å²) in [6.07, 6.45) is 0. The highest BCUT2D eigenvalue weighted by molar-refractivity contribution is 5.83. The molecule has 1 aromatic carbocycles. The van der Waals surface area contributed by atoms with Crippen molar-refractivity contribution in [1.82, 2.24) is 14.9 Å². The van der Waals surface area contributed by atoms with Crippen LogP contribution in [0.2, 0.25) is 0 Å². The largest absolute Gasteiger partial charge is 0.506 e. The molecule has 0 saturated carbocycles. The fourth-order valence-corrected chi connectivity index (χ4v) is 1.64. The Morgan fingerprint density at radius 3 is 2.94 bits per heavy atom. The molecule has 0 atom stereocenters. The third-order valence-corrected chi connectivity index (χ3v) is 2.51. The number of rotatable bonds is 2. The van der Waals surface area contributed by atoms with E-state index in [2.05, 4.69) is 10.3 Å². The summed E-state index contributed by atoms with van der Waals surface area (Å²) in [5.41, 5.74) is 0.210. The molecule has 5 heteroatoms. The van der Waals surface area contributed by atoms with Crippen molar-refractivity contribution >= 4 is 10.9 Å². The van der Waals surface area contributed by atoms with Gasteiger partial charge >= 0.3 is 0 Å². The Morgan fingerprint density at radius 2 is 2.25 bits per heavy atom. The number of hydrogen-bond donors (Lipinski definition) is 2. The van der Waals surface area contributed by atoms with Gasteiger partial charge in [-0.1, -0.05) is 6.07 Å². The minimum Gasteiger partial charge on any atom is -0.506 e. The van der Waals surface area contributed by atoms with Crippen LogP contribution in [0.25, 0.3) is 10.9 Å². The summed E-state index contributed by atoms with van der Waals surface area (Å²) in [6, 6.07) is 4.82. The van der Waals surface area contributed by atoms with Crippen LogP contribution in [0.1, 0.15) is 5.82 Å². The molecular formula is C11H13N3O2. The molecule has 1 heterocycles. The number of benzene rings is 1. The third kappa shape index (κ3) is 1.55. The Labute approximate surface area is 92.4 Å². The van der Waals surface area contributed by atoms with E-state index in [9.17, 15) is 9.90 Å². The van der Waals surface area contributed by atoms with Gasteiger partial charge in [-0.05, 0) is 19.2 Å². The first-order valence-corrected chi connectivity index (χ1v) is 4.97. The molecule has 0 aliphatic rings. The number of hydrogen-bond acceptors (Lipinski definition) is 4. The maximum atomic E-state index is 12.0. The molecule has 0 amide bonds. The van der Waals surface area contributed by atoms with Gasteiger partial charge in [-0.3, -0.25) is 9.36 Å². The van der Waals surface area contributed by atoms with E-state index < -0.39 is 0 Å². The first-order valence-electron chi connectivity index (χ1n) is 4.97. The predicted molar refractivity (Wildman–Crippen MR) is 61.4 cm³/mol. The van der Waals surface area contributed by atoms with Crippen molar-refractivity contribution in [1.29, 1.82) is 0 Å². The fraction of sp³-hybridized carbons (Fsp3) is 0.273. The summed E-state index contributed by atoms with van der Waals surface area (Å²) in [5.74, 6) is 0.633. The van der Waals surface area contributed by atoms with E-state index in [1.807, 2.05) is 0 Å². The average Bonchev–Trinajstić information content (AvgIpc) is 2.27. The second kappa shape index (κ2) is 3.94. The molecule has 0 unspecified atom stereocenters. The zero-order valence-corrected chi connectivity index (χ0v) is 9.19. The smallest absolute Gasteiger partial charge is 0.261 e. The Balaban J connectivity index is 2.84. The van der Waals surface area contributed by atoms with E-state index in [-0.39, 0.29) is 11.3 Å². The van der Waals surface area contributed by atoms with Gasteiger partial charge in [0.25, 0.3) is 5.56 Å². The molecule has 0 spiro atoms. The molecular weight excluding hydrogens is 206 g/mol. The molecule has 2 N–H and O–H groups in total. The number of phenolic OH excluding ortho intramolecular Hbond substituents is 1. The van der Waals surface area contributed by atoms with E-state index in [4.69, 9.17) is 0 Å². The van der Waals surface area contributed by atoms with E-state index in [0.717, 1.165) is 0 Å².